The number of hydrogen-bond donors (Lipinski definition) is 1. The number of benzene rings is 1. The molecule has 2 rings (SSSR count). The largest absolute Gasteiger partial charge is 0.497 e. The number of carbonyl (C=O) groups excluding carboxylic acids is 2. The molecule has 0 aliphatic rings. The monoisotopic (exact) mass is 376 g/mol. The summed E-state index contributed by atoms with van der Waals surface area (Å²) in [5.74, 6) is 0.565. The topological polar surface area (TPSA) is 97.1 Å². The number of aromatic nitrogens is 1. The number of hydrogen-bond acceptors (Lipinski definition) is 7. The van der Waals surface area contributed by atoms with Crippen molar-refractivity contribution in [3.05, 3.63) is 36.1 Å². The molecule has 1 aromatic carbocycles. The van der Waals surface area contributed by atoms with Crippen molar-refractivity contribution in [2.24, 2.45) is 0 Å². The van der Waals surface area contributed by atoms with Gasteiger partial charge >= 0.3 is 0 Å². The molecule has 0 saturated carbocycles. The van der Waals surface area contributed by atoms with Crippen molar-refractivity contribution < 1.29 is 23.6 Å². The lowest BCUT2D eigenvalue weighted by Gasteiger charge is -2.24. The zero-order valence-electron chi connectivity index (χ0n) is 15.9. The molecule has 0 saturated heterocycles. The van der Waals surface area contributed by atoms with E-state index in [-0.39, 0.29) is 18.4 Å². The van der Waals surface area contributed by atoms with Crippen LogP contribution in [0.25, 0.3) is 0 Å². The van der Waals surface area contributed by atoms with Gasteiger partial charge in [0.05, 0.1) is 19.8 Å². The van der Waals surface area contributed by atoms with Gasteiger partial charge in [-0.3, -0.25) is 9.59 Å². The normalized spacial score (nSPS) is 10.6. The summed E-state index contributed by atoms with van der Waals surface area (Å²) in [7, 11) is 6.80. The third kappa shape index (κ3) is 5.71. The SMILES string of the molecule is COc1ccc(C(=O)N(CCN(C)C)CC(=O)Nc2ccon2)c(OC)c1. The Balaban J connectivity index is 2.19. The van der Waals surface area contributed by atoms with Gasteiger partial charge in [-0.05, 0) is 26.2 Å². The molecule has 27 heavy (non-hydrogen) atoms. The van der Waals surface area contributed by atoms with Crippen LogP contribution >= 0.6 is 0 Å². The van der Waals surface area contributed by atoms with Gasteiger partial charge < -0.3 is 29.1 Å². The number of amides is 2. The summed E-state index contributed by atoms with van der Waals surface area (Å²) < 4.78 is 15.2. The quantitative estimate of drug-likeness (QED) is 0.705. The van der Waals surface area contributed by atoms with E-state index in [0.29, 0.717) is 36.0 Å². The van der Waals surface area contributed by atoms with E-state index in [1.54, 1.807) is 18.2 Å². The van der Waals surface area contributed by atoms with Gasteiger partial charge in [-0.25, -0.2) is 0 Å². The first-order chi connectivity index (χ1) is 12.9. The second-order valence-electron chi connectivity index (χ2n) is 6.03. The number of ether oxygens (including phenoxy) is 2. The highest BCUT2D eigenvalue weighted by Gasteiger charge is 2.23. The number of rotatable bonds is 9. The predicted octanol–water partition coefficient (Wildman–Crippen LogP) is 1.33. The summed E-state index contributed by atoms with van der Waals surface area (Å²) >= 11 is 0. The minimum Gasteiger partial charge on any atom is -0.497 e. The van der Waals surface area contributed by atoms with Crippen LogP contribution in [-0.2, 0) is 4.79 Å². The predicted molar refractivity (Wildman–Crippen MR) is 99.1 cm³/mol. The van der Waals surface area contributed by atoms with Crippen molar-refractivity contribution in [1.82, 2.24) is 15.0 Å². The van der Waals surface area contributed by atoms with E-state index in [4.69, 9.17) is 9.47 Å². The van der Waals surface area contributed by atoms with Gasteiger partial charge in [-0.15, -0.1) is 0 Å². The van der Waals surface area contributed by atoms with E-state index in [1.165, 1.54) is 31.4 Å². The van der Waals surface area contributed by atoms with Crippen LogP contribution in [0.4, 0.5) is 5.82 Å². The number of likely N-dealkylation sites (N-methyl/N-ethyl adjacent to an activating group) is 1. The van der Waals surface area contributed by atoms with E-state index in [2.05, 4.69) is 15.0 Å². The molecule has 1 aromatic heterocycles. The van der Waals surface area contributed by atoms with Crippen molar-refractivity contribution in [2.45, 2.75) is 0 Å². The van der Waals surface area contributed by atoms with E-state index in [1.807, 2.05) is 19.0 Å². The average molecular weight is 376 g/mol. The first kappa shape index (κ1) is 20.2. The van der Waals surface area contributed by atoms with Crippen LogP contribution in [0.1, 0.15) is 10.4 Å². The fourth-order valence-corrected chi connectivity index (χ4v) is 2.35. The molecule has 0 bridgehead atoms. The zero-order valence-corrected chi connectivity index (χ0v) is 15.9. The molecule has 0 aliphatic carbocycles. The van der Waals surface area contributed by atoms with Crippen LogP contribution in [-0.4, -0.2) is 74.7 Å². The molecule has 0 atom stereocenters. The Labute approximate surface area is 157 Å². The Morgan fingerprint density at radius 1 is 1.15 bits per heavy atom. The van der Waals surface area contributed by atoms with Gasteiger partial charge in [0.15, 0.2) is 5.82 Å². The Morgan fingerprint density at radius 2 is 1.93 bits per heavy atom. The minimum absolute atomic E-state index is 0.130. The third-order valence-corrected chi connectivity index (χ3v) is 3.78. The van der Waals surface area contributed by atoms with Crippen molar-refractivity contribution in [2.75, 3.05) is 53.3 Å². The number of carbonyl (C=O) groups is 2. The first-order valence-corrected chi connectivity index (χ1v) is 8.31. The summed E-state index contributed by atoms with van der Waals surface area (Å²) in [6.07, 6.45) is 1.35. The molecule has 146 valence electrons. The summed E-state index contributed by atoms with van der Waals surface area (Å²) in [6.45, 7) is 0.837. The molecule has 9 nitrogen and oxygen atoms in total. The van der Waals surface area contributed by atoms with Gasteiger partial charge in [0, 0.05) is 25.2 Å². The fourth-order valence-electron chi connectivity index (χ4n) is 2.35. The lowest BCUT2D eigenvalue weighted by Crippen LogP contribution is -2.41. The lowest BCUT2D eigenvalue weighted by atomic mass is 10.1. The van der Waals surface area contributed by atoms with Crippen LogP contribution in [0.3, 0.4) is 0 Å². The number of nitrogens with one attached hydrogen (secondary N) is 1. The standard InChI is InChI=1S/C18H24N4O5/c1-21(2)8-9-22(12-17(23)19-16-7-10-27-20-16)18(24)14-6-5-13(25-3)11-15(14)26-4/h5-7,10-11H,8-9,12H2,1-4H3,(H,19,20,23). The third-order valence-electron chi connectivity index (χ3n) is 3.78. The summed E-state index contributed by atoms with van der Waals surface area (Å²) in [4.78, 5) is 28.7. The van der Waals surface area contributed by atoms with Gasteiger partial charge in [0.2, 0.25) is 5.91 Å². The highest BCUT2D eigenvalue weighted by Crippen LogP contribution is 2.25. The minimum atomic E-state index is -0.372. The lowest BCUT2D eigenvalue weighted by molar-refractivity contribution is -0.117. The molecule has 2 aromatic rings. The van der Waals surface area contributed by atoms with E-state index >= 15 is 0 Å². The van der Waals surface area contributed by atoms with E-state index < -0.39 is 0 Å². The van der Waals surface area contributed by atoms with E-state index in [9.17, 15) is 9.59 Å². The Bertz CT molecular complexity index is 761. The van der Waals surface area contributed by atoms with Crippen molar-refractivity contribution >= 4 is 17.6 Å². The fraction of sp³-hybridized carbons (Fsp3) is 0.389. The molecule has 1 N–H and O–H groups in total. The summed E-state index contributed by atoms with van der Waals surface area (Å²) in [5.41, 5.74) is 0.353. The van der Waals surface area contributed by atoms with Crippen LogP contribution in [0.15, 0.2) is 35.1 Å². The number of anilines is 1. The van der Waals surface area contributed by atoms with Crippen LogP contribution in [0.2, 0.25) is 0 Å². The molecular weight excluding hydrogens is 352 g/mol. The summed E-state index contributed by atoms with van der Waals surface area (Å²) in [6, 6.07) is 6.46. The second-order valence-corrected chi connectivity index (χ2v) is 6.03. The average Bonchev–Trinajstić information content (AvgIpc) is 3.16. The van der Waals surface area contributed by atoms with Crippen molar-refractivity contribution in [3.8, 4) is 11.5 Å². The van der Waals surface area contributed by atoms with Gasteiger partial charge in [-0.1, -0.05) is 5.16 Å². The molecule has 0 radical (unpaired) electrons. The zero-order chi connectivity index (χ0) is 19.8. The first-order valence-electron chi connectivity index (χ1n) is 8.31. The van der Waals surface area contributed by atoms with Crippen LogP contribution in [0.5, 0.6) is 11.5 Å². The Morgan fingerprint density at radius 3 is 2.52 bits per heavy atom. The molecule has 1 heterocycles. The molecule has 9 heteroatoms. The van der Waals surface area contributed by atoms with Gasteiger partial charge in [0.1, 0.15) is 24.3 Å². The highest BCUT2D eigenvalue weighted by atomic mass is 16.5. The summed E-state index contributed by atoms with van der Waals surface area (Å²) in [5, 5.41) is 6.23. The second kappa shape index (κ2) is 9.58. The van der Waals surface area contributed by atoms with Gasteiger partial charge in [-0.2, -0.15) is 0 Å². The van der Waals surface area contributed by atoms with Crippen molar-refractivity contribution in [1.29, 1.82) is 0 Å². The van der Waals surface area contributed by atoms with E-state index in [0.717, 1.165) is 0 Å². The van der Waals surface area contributed by atoms with Gasteiger partial charge in [0.25, 0.3) is 5.91 Å². The number of nitrogens with zero attached hydrogens (tertiary/aromatic N) is 3. The van der Waals surface area contributed by atoms with Crippen LogP contribution in [0, 0.1) is 0 Å². The van der Waals surface area contributed by atoms with Crippen LogP contribution < -0.4 is 14.8 Å². The maximum absolute atomic E-state index is 13.0. The highest BCUT2D eigenvalue weighted by molar-refractivity contribution is 6.00. The maximum atomic E-state index is 13.0. The molecule has 0 aliphatic heterocycles. The Kier molecular flexibility index (Phi) is 7.18. The maximum Gasteiger partial charge on any atom is 0.258 e. The number of methoxy groups -OCH3 is 2. The molecule has 2 amide bonds. The molecule has 0 unspecified atom stereocenters. The van der Waals surface area contributed by atoms with Crippen molar-refractivity contribution in [3.63, 3.8) is 0 Å². The molecule has 0 spiro atoms. The Hall–Kier alpha value is -3.07. The molecular formula is C18H24N4O5. The molecule has 0 fully saturated rings. The smallest absolute Gasteiger partial charge is 0.258 e.